The van der Waals surface area contributed by atoms with Crippen LogP contribution in [0.15, 0.2) is 65.2 Å². The van der Waals surface area contributed by atoms with Gasteiger partial charge < -0.3 is 9.15 Å². The van der Waals surface area contributed by atoms with Crippen molar-refractivity contribution in [1.82, 2.24) is 9.88 Å². The Labute approximate surface area is 165 Å². The lowest BCUT2D eigenvalue weighted by Gasteiger charge is -2.32. The van der Waals surface area contributed by atoms with Crippen molar-refractivity contribution >= 4 is 6.09 Å². The number of amides is 1. The van der Waals surface area contributed by atoms with E-state index in [2.05, 4.69) is 11.9 Å². The summed E-state index contributed by atoms with van der Waals surface area (Å²) in [6.45, 7) is 2.97. The number of aryl methyl sites for hydroxylation is 1. The first kappa shape index (κ1) is 18.3. The molecule has 0 saturated carbocycles. The third-order valence-electron chi connectivity index (χ3n) is 5.09. The molecule has 1 unspecified atom stereocenters. The number of aromatic nitrogens is 1. The minimum absolute atomic E-state index is 0.184. The van der Waals surface area contributed by atoms with E-state index >= 15 is 0 Å². The fourth-order valence-electron chi connectivity index (χ4n) is 3.50. The summed E-state index contributed by atoms with van der Waals surface area (Å²) in [5.74, 6) is 1.30. The van der Waals surface area contributed by atoms with Gasteiger partial charge in [-0.1, -0.05) is 60.2 Å². The van der Waals surface area contributed by atoms with Crippen LogP contribution in [0.4, 0.5) is 4.79 Å². The predicted molar refractivity (Wildman–Crippen MR) is 107 cm³/mol. The molecular weight excluding hydrogens is 352 g/mol. The molecular formula is C23H24N2O3. The summed E-state index contributed by atoms with van der Waals surface area (Å²) < 4.78 is 11.6. The smallest absolute Gasteiger partial charge is 0.410 e. The SMILES string of the molecule is Cc1ccc(-c2cnc(C3CCCCN3C(=O)OCc3ccccc3)o2)cc1. The Balaban J connectivity index is 1.47. The van der Waals surface area contributed by atoms with E-state index in [1.54, 1.807) is 11.1 Å². The Morgan fingerprint density at radius 3 is 2.71 bits per heavy atom. The summed E-state index contributed by atoms with van der Waals surface area (Å²) in [6, 6.07) is 17.7. The van der Waals surface area contributed by atoms with Gasteiger partial charge in [0, 0.05) is 12.1 Å². The number of carbonyl (C=O) groups excluding carboxylic acids is 1. The van der Waals surface area contributed by atoms with Crippen molar-refractivity contribution in [2.75, 3.05) is 6.54 Å². The summed E-state index contributed by atoms with van der Waals surface area (Å²) in [7, 11) is 0. The van der Waals surface area contributed by atoms with Gasteiger partial charge in [0.2, 0.25) is 5.89 Å². The number of benzene rings is 2. The monoisotopic (exact) mass is 376 g/mol. The van der Waals surface area contributed by atoms with Crippen molar-refractivity contribution < 1.29 is 13.9 Å². The average molecular weight is 376 g/mol. The summed E-state index contributed by atoms with van der Waals surface area (Å²) >= 11 is 0. The maximum absolute atomic E-state index is 12.7. The predicted octanol–water partition coefficient (Wildman–Crippen LogP) is 5.51. The number of hydrogen-bond donors (Lipinski definition) is 0. The van der Waals surface area contributed by atoms with Crippen LogP contribution in [0, 0.1) is 6.92 Å². The Morgan fingerprint density at radius 2 is 1.93 bits per heavy atom. The number of oxazole rings is 1. The van der Waals surface area contributed by atoms with Gasteiger partial charge in [0.25, 0.3) is 0 Å². The van der Waals surface area contributed by atoms with Crippen molar-refractivity contribution in [3.8, 4) is 11.3 Å². The summed E-state index contributed by atoms with van der Waals surface area (Å²) in [6.07, 6.45) is 4.25. The molecule has 4 rings (SSSR count). The third kappa shape index (κ3) is 4.09. The van der Waals surface area contributed by atoms with Crippen molar-refractivity contribution in [3.05, 3.63) is 77.8 Å². The maximum Gasteiger partial charge on any atom is 0.410 e. The molecule has 2 heterocycles. The number of hydrogen-bond acceptors (Lipinski definition) is 4. The molecule has 5 nitrogen and oxygen atoms in total. The summed E-state index contributed by atoms with van der Waals surface area (Å²) in [5.41, 5.74) is 3.16. The molecule has 1 amide bonds. The number of carbonyl (C=O) groups is 1. The van der Waals surface area contributed by atoms with Gasteiger partial charge in [-0.2, -0.15) is 0 Å². The van der Waals surface area contributed by atoms with Gasteiger partial charge in [-0.05, 0) is 31.7 Å². The lowest BCUT2D eigenvalue weighted by atomic mass is 10.0. The van der Waals surface area contributed by atoms with Gasteiger partial charge >= 0.3 is 6.09 Å². The van der Waals surface area contributed by atoms with Crippen molar-refractivity contribution in [2.24, 2.45) is 0 Å². The van der Waals surface area contributed by atoms with E-state index in [-0.39, 0.29) is 18.7 Å². The number of piperidine rings is 1. The zero-order valence-electron chi connectivity index (χ0n) is 16.0. The minimum Gasteiger partial charge on any atom is -0.445 e. The molecule has 1 aromatic heterocycles. The Morgan fingerprint density at radius 1 is 1.14 bits per heavy atom. The van der Waals surface area contributed by atoms with Gasteiger partial charge in [-0.25, -0.2) is 9.78 Å². The fourth-order valence-corrected chi connectivity index (χ4v) is 3.50. The molecule has 0 aliphatic carbocycles. The molecule has 1 atom stereocenters. The van der Waals surface area contributed by atoms with E-state index in [0.29, 0.717) is 12.4 Å². The summed E-state index contributed by atoms with van der Waals surface area (Å²) in [5, 5.41) is 0. The molecule has 5 heteroatoms. The Bertz CT molecular complexity index is 919. The molecule has 3 aromatic rings. The molecule has 1 aliphatic heterocycles. The number of nitrogens with zero attached hydrogens (tertiary/aromatic N) is 2. The first-order chi connectivity index (χ1) is 13.7. The standard InChI is InChI=1S/C23H24N2O3/c1-17-10-12-19(13-11-17)21-15-24-22(28-21)20-9-5-6-14-25(20)23(26)27-16-18-7-3-2-4-8-18/h2-4,7-8,10-13,15,20H,5-6,9,14,16H2,1H3. The first-order valence-electron chi connectivity index (χ1n) is 9.71. The maximum atomic E-state index is 12.7. The third-order valence-corrected chi connectivity index (χ3v) is 5.09. The largest absolute Gasteiger partial charge is 0.445 e. The van der Waals surface area contributed by atoms with Crippen LogP contribution >= 0.6 is 0 Å². The lowest BCUT2D eigenvalue weighted by Crippen LogP contribution is -2.38. The van der Waals surface area contributed by atoms with Crippen LogP contribution < -0.4 is 0 Å². The van der Waals surface area contributed by atoms with Crippen molar-refractivity contribution in [1.29, 1.82) is 0 Å². The highest BCUT2D eigenvalue weighted by atomic mass is 16.6. The molecule has 0 N–H and O–H groups in total. The molecule has 0 radical (unpaired) electrons. The fraction of sp³-hybridized carbons (Fsp3) is 0.304. The van der Waals surface area contributed by atoms with E-state index < -0.39 is 0 Å². The zero-order valence-corrected chi connectivity index (χ0v) is 16.0. The van der Waals surface area contributed by atoms with Crippen molar-refractivity contribution in [2.45, 2.75) is 38.8 Å². The van der Waals surface area contributed by atoms with Crippen LogP contribution in [0.5, 0.6) is 0 Å². The van der Waals surface area contributed by atoms with Crippen LogP contribution in [-0.4, -0.2) is 22.5 Å². The van der Waals surface area contributed by atoms with E-state index in [0.717, 1.165) is 36.1 Å². The lowest BCUT2D eigenvalue weighted by molar-refractivity contribution is 0.0611. The highest BCUT2D eigenvalue weighted by Gasteiger charge is 2.32. The van der Waals surface area contributed by atoms with E-state index in [9.17, 15) is 4.79 Å². The Hall–Kier alpha value is -3.08. The zero-order chi connectivity index (χ0) is 19.3. The molecule has 1 aliphatic rings. The van der Waals surface area contributed by atoms with Gasteiger partial charge in [-0.3, -0.25) is 4.90 Å². The minimum atomic E-state index is -0.316. The topological polar surface area (TPSA) is 55.6 Å². The normalized spacial score (nSPS) is 16.8. The second kappa shape index (κ2) is 8.30. The average Bonchev–Trinajstić information content (AvgIpc) is 3.23. The molecule has 28 heavy (non-hydrogen) atoms. The second-order valence-corrected chi connectivity index (χ2v) is 7.17. The number of ether oxygens (including phenoxy) is 1. The second-order valence-electron chi connectivity index (χ2n) is 7.17. The molecule has 0 bridgehead atoms. The van der Waals surface area contributed by atoms with Gasteiger partial charge in [0.05, 0.1) is 6.20 Å². The molecule has 144 valence electrons. The van der Waals surface area contributed by atoms with Crippen LogP contribution in [0.2, 0.25) is 0 Å². The van der Waals surface area contributed by atoms with Gasteiger partial charge in [0.15, 0.2) is 5.76 Å². The summed E-state index contributed by atoms with van der Waals surface area (Å²) in [4.78, 5) is 18.9. The van der Waals surface area contributed by atoms with E-state index in [1.165, 1.54) is 5.56 Å². The van der Waals surface area contributed by atoms with Crippen LogP contribution in [0.1, 0.15) is 42.3 Å². The molecule has 1 saturated heterocycles. The van der Waals surface area contributed by atoms with Crippen LogP contribution in [-0.2, 0) is 11.3 Å². The molecule has 0 spiro atoms. The van der Waals surface area contributed by atoms with E-state index in [4.69, 9.17) is 9.15 Å². The molecule has 1 fully saturated rings. The van der Waals surface area contributed by atoms with E-state index in [1.807, 2.05) is 54.6 Å². The van der Waals surface area contributed by atoms with Crippen LogP contribution in [0.3, 0.4) is 0 Å². The quantitative estimate of drug-likeness (QED) is 0.602. The van der Waals surface area contributed by atoms with Gasteiger partial charge in [0.1, 0.15) is 12.6 Å². The number of likely N-dealkylation sites (tertiary alicyclic amines) is 1. The molecule has 2 aromatic carbocycles. The van der Waals surface area contributed by atoms with Crippen LogP contribution in [0.25, 0.3) is 11.3 Å². The highest BCUT2D eigenvalue weighted by Crippen LogP contribution is 2.33. The van der Waals surface area contributed by atoms with Crippen molar-refractivity contribution in [3.63, 3.8) is 0 Å². The first-order valence-corrected chi connectivity index (χ1v) is 9.71. The van der Waals surface area contributed by atoms with Gasteiger partial charge in [-0.15, -0.1) is 0 Å². The highest BCUT2D eigenvalue weighted by molar-refractivity contribution is 5.68. The number of rotatable bonds is 4. The Kier molecular flexibility index (Phi) is 5.42.